The molecule has 0 aromatic heterocycles. The molecular formula is C15H28N2O4. The van der Waals surface area contributed by atoms with Crippen molar-refractivity contribution in [1.82, 2.24) is 10.2 Å². The zero-order valence-electron chi connectivity index (χ0n) is 13.0. The standard InChI is InChI=1S/C15H28N2O4/c1-11(2)7-13(8-14(19)20)9-16-15(21)17-5-3-12(10-17)4-6-18/h11-13,18H,3-10H2,1-2H3,(H,16,21)(H,19,20). The molecule has 0 radical (unpaired) electrons. The predicted octanol–water partition coefficient (Wildman–Crippen LogP) is 1.54. The van der Waals surface area contributed by atoms with Gasteiger partial charge in [0.05, 0.1) is 0 Å². The fourth-order valence-electron chi connectivity index (χ4n) is 2.93. The number of rotatable bonds is 8. The normalized spacial score (nSPS) is 19.8. The molecule has 1 fully saturated rings. The molecule has 21 heavy (non-hydrogen) atoms. The molecule has 3 N–H and O–H groups in total. The summed E-state index contributed by atoms with van der Waals surface area (Å²) < 4.78 is 0. The number of likely N-dealkylation sites (tertiary alicyclic amines) is 1. The summed E-state index contributed by atoms with van der Waals surface area (Å²) in [7, 11) is 0. The van der Waals surface area contributed by atoms with Crippen LogP contribution in [0.4, 0.5) is 4.79 Å². The number of nitrogens with one attached hydrogen (secondary N) is 1. The number of carboxylic acid groups (broad SMARTS) is 1. The van der Waals surface area contributed by atoms with Gasteiger partial charge in [-0.3, -0.25) is 4.79 Å². The molecule has 0 aliphatic carbocycles. The van der Waals surface area contributed by atoms with Crippen molar-refractivity contribution in [3.8, 4) is 0 Å². The first kappa shape index (κ1) is 17.8. The number of hydrogen-bond donors (Lipinski definition) is 3. The molecule has 0 aromatic rings. The van der Waals surface area contributed by atoms with E-state index in [-0.39, 0.29) is 25.0 Å². The van der Waals surface area contributed by atoms with E-state index in [2.05, 4.69) is 19.2 Å². The van der Waals surface area contributed by atoms with Crippen molar-refractivity contribution in [3.63, 3.8) is 0 Å². The molecule has 1 aliphatic rings. The van der Waals surface area contributed by atoms with Gasteiger partial charge in [0.15, 0.2) is 0 Å². The molecule has 122 valence electrons. The molecule has 2 atom stereocenters. The molecular weight excluding hydrogens is 272 g/mol. The number of nitrogens with zero attached hydrogens (tertiary/aromatic N) is 1. The smallest absolute Gasteiger partial charge is 0.317 e. The summed E-state index contributed by atoms with van der Waals surface area (Å²) in [6.07, 6.45) is 2.54. The molecule has 1 heterocycles. The number of carboxylic acids is 1. The van der Waals surface area contributed by atoms with Crippen LogP contribution in [0.5, 0.6) is 0 Å². The Morgan fingerprint density at radius 2 is 2.10 bits per heavy atom. The van der Waals surface area contributed by atoms with E-state index in [1.807, 2.05) is 0 Å². The van der Waals surface area contributed by atoms with Crippen molar-refractivity contribution >= 4 is 12.0 Å². The Kier molecular flexibility index (Phi) is 7.50. The number of carbonyl (C=O) groups excluding carboxylic acids is 1. The highest BCUT2D eigenvalue weighted by Gasteiger charge is 2.26. The summed E-state index contributed by atoms with van der Waals surface area (Å²) in [5, 5.41) is 20.7. The summed E-state index contributed by atoms with van der Waals surface area (Å²) in [4.78, 5) is 24.7. The lowest BCUT2D eigenvalue weighted by Gasteiger charge is -2.21. The van der Waals surface area contributed by atoms with Gasteiger partial charge in [0.2, 0.25) is 0 Å². The minimum absolute atomic E-state index is 0.0257. The van der Waals surface area contributed by atoms with E-state index in [1.165, 1.54) is 0 Å². The lowest BCUT2D eigenvalue weighted by Crippen LogP contribution is -2.41. The quantitative estimate of drug-likeness (QED) is 0.634. The molecule has 0 spiro atoms. The Balaban J connectivity index is 2.37. The third-order valence-corrected chi connectivity index (χ3v) is 3.92. The Hall–Kier alpha value is -1.30. The molecule has 0 saturated carbocycles. The van der Waals surface area contributed by atoms with Gasteiger partial charge in [0.25, 0.3) is 0 Å². The lowest BCUT2D eigenvalue weighted by molar-refractivity contribution is -0.138. The van der Waals surface area contributed by atoms with Crippen molar-refractivity contribution < 1.29 is 19.8 Å². The van der Waals surface area contributed by atoms with Gasteiger partial charge in [0.1, 0.15) is 0 Å². The van der Waals surface area contributed by atoms with Gasteiger partial charge in [-0.25, -0.2) is 4.79 Å². The van der Waals surface area contributed by atoms with Gasteiger partial charge < -0.3 is 20.4 Å². The van der Waals surface area contributed by atoms with Crippen LogP contribution in [0.15, 0.2) is 0 Å². The van der Waals surface area contributed by atoms with Crippen LogP contribution in [0.3, 0.4) is 0 Å². The Labute approximate surface area is 126 Å². The van der Waals surface area contributed by atoms with Crippen LogP contribution >= 0.6 is 0 Å². The van der Waals surface area contributed by atoms with Crippen LogP contribution in [-0.2, 0) is 4.79 Å². The van der Waals surface area contributed by atoms with Crippen LogP contribution in [0.2, 0.25) is 0 Å². The number of urea groups is 1. The number of carbonyl (C=O) groups is 2. The highest BCUT2D eigenvalue weighted by Crippen LogP contribution is 2.19. The van der Waals surface area contributed by atoms with Crippen LogP contribution in [-0.4, -0.2) is 53.4 Å². The first-order valence-corrected chi connectivity index (χ1v) is 7.77. The van der Waals surface area contributed by atoms with Crippen molar-refractivity contribution in [2.24, 2.45) is 17.8 Å². The van der Waals surface area contributed by atoms with E-state index < -0.39 is 5.97 Å². The van der Waals surface area contributed by atoms with E-state index in [4.69, 9.17) is 10.2 Å². The topological polar surface area (TPSA) is 89.9 Å². The Morgan fingerprint density at radius 3 is 2.67 bits per heavy atom. The number of hydrogen-bond acceptors (Lipinski definition) is 3. The second-order valence-electron chi connectivity index (χ2n) is 6.39. The minimum Gasteiger partial charge on any atom is -0.481 e. The molecule has 0 bridgehead atoms. The van der Waals surface area contributed by atoms with E-state index in [0.29, 0.717) is 31.5 Å². The maximum Gasteiger partial charge on any atom is 0.317 e. The van der Waals surface area contributed by atoms with Gasteiger partial charge in [0, 0.05) is 32.7 Å². The number of amides is 2. The highest BCUT2D eigenvalue weighted by atomic mass is 16.4. The van der Waals surface area contributed by atoms with Crippen LogP contribution in [0, 0.1) is 17.8 Å². The van der Waals surface area contributed by atoms with Crippen molar-refractivity contribution in [1.29, 1.82) is 0 Å². The summed E-state index contributed by atoms with van der Waals surface area (Å²) in [5.74, 6) is -0.0559. The maximum atomic E-state index is 12.1. The number of aliphatic hydroxyl groups excluding tert-OH is 1. The van der Waals surface area contributed by atoms with Gasteiger partial charge in [-0.2, -0.15) is 0 Å². The molecule has 6 nitrogen and oxygen atoms in total. The van der Waals surface area contributed by atoms with Crippen LogP contribution < -0.4 is 5.32 Å². The summed E-state index contributed by atoms with van der Waals surface area (Å²) >= 11 is 0. The van der Waals surface area contributed by atoms with Crippen molar-refractivity contribution in [2.45, 2.75) is 39.5 Å². The molecule has 1 saturated heterocycles. The van der Waals surface area contributed by atoms with Crippen molar-refractivity contribution in [3.05, 3.63) is 0 Å². The second kappa shape index (κ2) is 8.87. The average molecular weight is 300 g/mol. The zero-order chi connectivity index (χ0) is 15.8. The van der Waals surface area contributed by atoms with E-state index >= 15 is 0 Å². The van der Waals surface area contributed by atoms with Gasteiger partial charge >= 0.3 is 12.0 Å². The van der Waals surface area contributed by atoms with Gasteiger partial charge in [-0.15, -0.1) is 0 Å². The summed E-state index contributed by atoms with van der Waals surface area (Å²) in [6.45, 7) is 6.07. The van der Waals surface area contributed by atoms with Gasteiger partial charge in [-0.05, 0) is 37.0 Å². The third-order valence-electron chi connectivity index (χ3n) is 3.92. The average Bonchev–Trinajstić information content (AvgIpc) is 2.83. The first-order valence-electron chi connectivity index (χ1n) is 7.77. The number of aliphatic hydroxyl groups is 1. The number of aliphatic carboxylic acids is 1. The molecule has 1 rings (SSSR count). The molecule has 6 heteroatoms. The maximum absolute atomic E-state index is 12.1. The Morgan fingerprint density at radius 1 is 1.38 bits per heavy atom. The summed E-state index contributed by atoms with van der Waals surface area (Å²) in [5.41, 5.74) is 0. The predicted molar refractivity (Wildman–Crippen MR) is 80.0 cm³/mol. The summed E-state index contributed by atoms with van der Waals surface area (Å²) in [6, 6.07) is -0.116. The SMILES string of the molecule is CC(C)CC(CNC(=O)N1CCC(CCO)C1)CC(=O)O. The third kappa shape index (κ3) is 6.80. The molecule has 1 aliphatic heterocycles. The highest BCUT2D eigenvalue weighted by molar-refractivity contribution is 5.74. The Bertz CT molecular complexity index is 347. The second-order valence-corrected chi connectivity index (χ2v) is 6.39. The largest absolute Gasteiger partial charge is 0.481 e. The first-order chi connectivity index (χ1) is 9.92. The fraction of sp³-hybridized carbons (Fsp3) is 0.867. The van der Waals surface area contributed by atoms with E-state index in [9.17, 15) is 9.59 Å². The lowest BCUT2D eigenvalue weighted by atomic mass is 9.94. The van der Waals surface area contributed by atoms with Gasteiger partial charge in [-0.1, -0.05) is 13.8 Å². The zero-order valence-corrected chi connectivity index (χ0v) is 13.0. The van der Waals surface area contributed by atoms with Crippen molar-refractivity contribution in [2.75, 3.05) is 26.2 Å². The van der Waals surface area contributed by atoms with E-state index in [1.54, 1.807) is 4.90 Å². The monoisotopic (exact) mass is 300 g/mol. The molecule has 0 aromatic carbocycles. The molecule has 2 unspecified atom stereocenters. The van der Waals surface area contributed by atoms with E-state index in [0.717, 1.165) is 19.3 Å². The molecule has 2 amide bonds. The minimum atomic E-state index is -0.820. The van der Waals surface area contributed by atoms with Crippen LogP contribution in [0.1, 0.15) is 39.5 Å². The fourth-order valence-corrected chi connectivity index (χ4v) is 2.93. The van der Waals surface area contributed by atoms with Crippen LogP contribution in [0.25, 0.3) is 0 Å².